The smallest absolute Gasteiger partial charge is 0.339 e. The number of hydrogen-bond acceptors (Lipinski definition) is 8. The molecule has 12 heteroatoms. The Morgan fingerprint density at radius 2 is 0.986 bits per heavy atom. The second kappa shape index (κ2) is 25.9. The van der Waals surface area contributed by atoms with Crippen LogP contribution in [0.4, 0.5) is 0 Å². The fraction of sp³-hybridized carbons (Fsp3) is 0.362. The Balaban J connectivity index is 0.000000315. The molecule has 0 atom stereocenters. The minimum atomic E-state index is -0.949. The number of rotatable bonds is 18. The first-order valence-corrected chi connectivity index (χ1v) is 24.0. The van der Waals surface area contributed by atoms with Crippen LogP contribution in [-0.2, 0) is 53.2 Å². The van der Waals surface area contributed by atoms with Crippen LogP contribution in [0.3, 0.4) is 0 Å². The first kappa shape index (κ1) is 56.0. The number of aryl methyl sites for hydroxylation is 3. The Labute approximate surface area is 419 Å². The van der Waals surface area contributed by atoms with Crippen molar-refractivity contribution in [3.05, 3.63) is 187 Å². The molecule has 0 fully saturated rings. The van der Waals surface area contributed by atoms with Gasteiger partial charge in [0.1, 0.15) is 11.2 Å². The van der Waals surface area contributed by atoms with E-state index in [1.807, 2.05) is 143 Å². The van der Waals surface area contributed by atoms with Crippen LogP contribution in [0.2, 0.25) is 0 Å². The molecule has 0 aliphatic rings. The molecule has 0 aliphatic carbocycles. The summed E-state index contributed by atoms with van der Waals surface area (Å²) in [7, 11) is 0. The van der Waals surface area contributed by atoms with Crippen LogP contribution in [0.25, 0.3) is 22.3 Å². The van der Waals surface area contributed by atoms with Crippen molar-refractivity contribution in [3.63, 3.8) is 0 Å². The van der Waals surface area contributed by atoms with Gasteiger partial charge in [0.05, 0.1) is 24.2 Å². The number of carboxylic acid groups (broad SMARTS) is 1. The zero-order chi connectivity index (χ0) is 50.3. The zero-order valence-electron chi connectivity index (χ0n) is 42.0. The van der Waals surface area contributed by atoms with Crippen LogP contribution in [0.5, 0.6) is 0 Å². The van der Waals surface area contributed by atoms with Gasteiger partial charge in [-0.05, 0) is 131 Å². The molecule has 0 radical (unpaired) electrons. The average molecular weight is 973 g/mol. The minimum absolute atomic E-state index is 0. The van der Waals surface area contributed by atoms with Gasteiger partial charge in [0.2, 0.25) is 0 Å². The number of halogens is 1. The number of aromatic nitrogens is 2. The van der Waals surface area contributed by atoms with E-state index in [9.17, 15) is 29.1 Å². The third-order valence-corrected chi connectivity index (χ3v) is 11.4. The van der Waals surface area contributed by atoms with Crippen LogP contribution in [-0.4, -0.2) is 43.4 Å². The highest BCUT2D eigenvalue weighted by molar-refractivity contribution is 5.97. The predicted molar refractivity (Wildman–Crippen MR) is 282 cm³/mol. The third-order valence-electron chi connectivity index (χ3n) is 11.4. The van der Waals surface area contributed by atoms with Crippen molar-refractivity contribution in [2.45, 2.75) is 138 Å². The van der Waals surface area contributed by atoms with E-state index in [1.54, 1.807) is 28.8 Å². The second-order valence-corrected chi connectivity index (χ2v) is 19.3. The number of esters is 2. The molecule has 0 amide bonds. The lowest BCUT2D eigenvalue weighted by molar-refractivity contribution is -0.154. The van der Waals surface area contributed by atoms with Crippen molar-refractivity contribution in [2.24, 2.45) is 5.73 Å². The van der Waals surface area contributed by atoms with Crippen molar-refractivity contribution < 1.29 is 29.0 Å². The number of ether oxygens (including phenoxy) is 2. The van der Waals surface area contributed by atoms with E-state index in [1.165, 1.54) is 0 Å². The molecule has 372 valence electrons. The topological polar surface area (TPSA) is 160 Å². The molecule has 3 N–H and O–H groups in total. The molecule has 6 rings (SSSR count). The number of carboxylic acids is 1. The highest BCUT2D eigenvalue weighted by Gasteiger charge is 2.22. The maximum Gasteiger partial charge on any atom is 0.339 e. The number of carbonyl (C=O) groups excluding carboxylic acids is 2. The molecule has 0 unspecified atom stereocenters. The van der Waals surface area contributed by atoms with Gasteiger partial charge in [0.25, 0.3) is 11.1 Å². The summed E-state index contributed by atoms with van der Waals surface area (Å²) in [4.78, 5) is 62.9. The third kappa shape index (κ3) is 16.0. The zero-order valence-corrected chi connectivity index (χ0v) is 42.8. The lowest BCUT2D eigenvalue weighted by atomic mass is 9.98. The standard InChI is InChI=1S/C34H43NO5.C24H26N2O3.ClH/c1-8-9-12-27-21-19-26(20-22-30(36)39-33(2,3)4)31(37)35(27)23-24-15-17-25(18-16-24)28-13-10-11-14-29(28)32(38)40-34(5,6)7;1-2-3-6-20-14-13-19(15-25)23(27)26(20)16-17-9-11-18(12-10-17)21-7-4-5-8-22(21)24(28)29;/h10-11,13-19,21H,8-9,12,20,22-23H2,1-7H3;4-5,7-14H,2-3,6,15-16,25H2,1H3,(H,28,29);1H. The summed E-state index contributed by atoms with van der Waals surface area (Å²) in [5.74, 6) is -1.62. The molecule has 11 nitrogen and oxygen atoms in total. The lowest BCUT2D eigenvalue weighted by Crippen LogP contribution is -2.28. The molecule has 2 heterocycles. The highest BCUT2D eigenvalue weighted by atomic mass is 35.5. The van der Waals surface area contributed by atoms with Gasteiger partial charge in [-0.1, -0.05) is 124 Å². The molecule has 0 spiro atoms. The van der Waals surface area contributed by atoms with Gasteiger partial charge >= 0.3 is 17.9 Å². The van der Waals surface area contributed by atoms with E-state index in [0.717, 1.165) is 77.7 Å². The normalized spacial score (nSPS) is 11.2. The number of hydrogen-bond donors (Lipinski definition) is 2. The number of benzene rings is 4. The number of nitrogens with two attached hydrogens (primary N) is 1. The summed E-state index contributed by atoms with van der Waals surface area (Å²) in [5, 5.41) is 9.41. The van der Waals surface area contributed by atoms with Gasteiger partial charge in [0, 0.05) is 35.5 Å². The van der Waals surface area contributed by atoms with Crippen LogP contribution in [0, 0.1) is 0 Å². The Kier molecular flexibility index (Phi) is 20.7. The van der Waals surface area contributed by atoms with E-state index in [0.29, 0.717) is 41.8 Å². The number of nitrogens with zero attached hydrogens (tertiary/aromatic N) is 2. The van der Waals surface area contributed by atoms with Crippen LogP contribution >= 0.6 is 12.4 Å². The molecule has 2 aromatic heterocycles. The summed E-state index contributed by atoms with van der Waals surface area (Å²) < 4.78 is 14.7. The van der Waals surface area contributed by atoms with Crippen molar-refractivity contribution in [1.29, 1.82) is 0 Å². The van der Waals surface area contributed by atoms with Gasteiger partial charge < -0.3 is 29.4 Å². The largest absolute Gasteiger partial charge is 0.478 e. The van der Waals surface area contributed by atoms with Gasteiger partial charge in [0.15, 0.2) is 0 Å². The Morgan fingerprint density at radius 1 is 0.557 bits per heavy atom. The summed E-state index contributed by atoms with van der Waals surface area (Å²) in [6.07, 6.45) is 6.24. The van der Waals surface area contributed by atoms with Crippen molar-refractivity contribution in [1.82, 2.24) is 9.13 Å². The van der Waals surface area contributed by atoms with E-state index in [2.05, 4.69) is 13.8 Å². The van der Waals surface area contributed by atoms with Crippen LogP contribution in [0.1, 0.15) is 142 Å². The SMILES string of the molecule is CCCCc1ccc(CCC(=O)OC(C)(C)C)c(=O)n1Cc1ccc(-c2ccccc2C(=O)OC(C)(C)C)cc1.CCCCc1ccc(CN)c(=O)n1Cc1ccc(-c2ccccc2C(=O)O)cc1.Cl. The molecule has 0 saturated heterocycles. The van der Waals surface area contributed by atoms with E-state index in [-0.39, 0.29) is 54.0 Å². The molecule has 0 aliphatic heterocycles. The summed E-state index contributed by atoms with van der Waals surface area (Å²) >= 11 is 0. The van der Waals surface area contributed by atoms with Gasteiger partial charge in [-0.25, -0.2) is 9.59 Å². The molecular formula is C58H70ClN3O8. The van der Waals surface area contributed by atoms with E-state index in [4.69, 9.17) is 15.2 Å². The van der Waals surface area contributed by atoms with Crippen LogP contribution in [0.15, 0.2) is 131 Å². The number of unbranched alkanes of at least 4 members (excludes halogenated alkanes) is 2. The number of carbonyl (C=O) groups is 3. The minimum Gasteiger partial charge on any atom is -0.478 e. The Hall–Kier alpha value is -6.56. The molecular weight excluding hydrogens is 902 g/mol. The number of aromatic carboxylic acids is 1. The van der Waals surface area contributed by atoms with Gasteiger partial charge in [-0.2, -0.15) is 0 Å². The lowest BCUT2D eigenvalue weighted by Gasteiger charge is -2.20. The fourth-order valence-electron chi connectivity index (χ4n) is 7.91. The Morgan fingerprint density at radius 3 is 1.43 bits per heavy atom. The van der Waals surface area contributed by atoms with Crippen LogP contribution < -0.4 is 16.9 Å². The maximum absolute atomic E-state index is 13.5. The van der Waals surface area contributed by atoms with E-state index < -0.39 is 17.2 Å². The highest BCUT2D eigenvalue weighted by Crippen LogP contribution is 2.27. The molecule has 4 aromatic carbocycles. The molecule has 0 saturated carbocycles. The summed E-state index contributed by atoms with van der Waals surface area (Å²) in [5.41, 5.74) is 13.6. The number of pyridine rings is 2. The molecule has 0 bridgehead atoms. The summed E-state index contributed by atoms with van der Waals surface area (Å²) in [6, 6.07) is 37.7. The monoisotopic (exact) mass is 971 g/mol. The van der Waals surface area contributed by atoms with Crippen molar-refractivity contribution in [3.8, 4) is 22.3 Å². The van der Waals surface area contributed by atoms with Gasteiger partial charge in [-0.3, -0.25) is 14.4 Å². The van der Waals surface area contributed by atoms with Gasteiger partial charge in [-0.15, -0.1) is 12.4 Å². The average Bonchev–Trinajstić information content (AvgIpc) is 3.31. The van der Waals surface area contributed by atoms with E-state index >= 15 is 0 Å². The fourth-order valence-corrected chi connectivity index (χ4v) is 7.91. The second-order valence-electron chi connectivity index (χ2n) is 19.3. The first-order chi connectivity index (χ1) is 32.8. The van der Waals surface area contributed by atoms with Crippen molar-refractivity contribution in [2.75, 3.05) is 0 Å². The predicted octanol–water partition coefficient (Wildman–Crippen LogP) is 11.6. The molecule has 6 aromatic rings. The Bertz CT molecular complexity index is 2820. The summed E-state index contributed by atoms with van der Waals surface area (Å²) in [6.45, 7) is 16.4. The maximum atomic E-state index is 13.5. The molecule has 70 heavy (non-hydrogen) atoms. The van der Waals surface area contributed by atoms with Crippen molar-refractivity contribution >= 4 is 30.3 Å². The quantitative estimate of drug-likeness (QED) is 0.0799. The first-order valence-electron chi connectivity index (χ1n) is 24.0.